The van der Waals surface area contributed by atoms with E-state index in [2.05, 4.69) is 4.98 Å². The van der Waals surface area contributed by atoms with Crippen LogP contribution in [0.15, 0.2) is 6.20 Å². The first-order valence-electron chi connectivity index (χ1n) is 2.97. The number of nitrogens with zero attached hydrogens (tertiary/aromatic N) is 1. The summed E-state index contributed by atoms with van der Waals surface area (Å²) in [4.78, 5) is 5.29. The fourth-order valence-electron chi connectivity index (χ4n) is 0.614. The normalized spacial score (nSPS) is 9.91. The number of hydrogen-bond donors (Lipinski definition) is 1. The highest BCUT2D eigenvalue weighted by Gasteiger charge is 2.02. The lowest BCUT2D eigenvalue weighted by molar-refractivity contribution is 0.184. The van der Waals surface area contributed by atoms with Crippen LogP contribution >= 0.6 is 23.6 Å². The highest BCUT2D eigenvalue weighted by molar-refractivity contribution is 7.81. The Hall–Kier alpha value is -0.520. The molecule has 0 aromatic carbocycles. The highest BCUT2D eigenvalue weighted by atomic mass is 32.1. The molecule has 0 radical (unpaired) electrons. The third-order valence-corrected chi connectivity index (χ3v) is 2.42. The summed E-state index contributed by atoms with van der Waals surface area (Å²) in [6.07, 6.45) is 1.67. The van der Waals surface area contributed by atoms with Crippen LogP contribution in [0.4, 0.5) is 0 Å². The molecule has 0 saturated heterocycles. The van der Waals surface area contributed by atoms with E-state index in [0.717, 1.165) is 9.88 Å². The number of thiocarbonyl (C=S) groups is 1. The molecule has 2 N–H and O–H groups in total. The van der Waals surface area contributed by atoms with Crippen molar-refractivity contribution in [2.45, 2.75) is 6.61 Å². The Labute approximate surface area is 74.2 Å². The first kappa shape index (κ1) is 8.58. The molecule has 1 heterocycles. The van der Waals surface area contributed by atoms with Gasteiger partial charge in [-0.15, -0.1) is 11.3 Å². The van der Waals surface area contributed by atoms with Crippen molar-refractivity contribution in [3.63, 3.8) is 0 Å². The van der Waals surface area contributed by atoms with Crippen LogP contribution in [0.1, 0.15) is 9.88 Å². The Morgan fingerprint density at radius 3 is 3.09 bits per heavy atom. The van der Waals surface area contributed by atoms with Crippen molar-refractivity contribution in [1.82, 2.24) is 4.98 Å². The lowest BCUT2D eigenvalue weighted by atomic mass is 10.6. The summed E-state index contributed by atoms with van der Waals surface area (Å²) < 4.78 is 4.88. The van der Waals surface area contributed by atoms with E-state index in [1.54, 1.807) is 13.3 Å². The maximum atomic E-state index is 5.38. The molecule has 5 heteroatoms. The van der Waals surface area contributed by atoms with Gasteiger partial charge in [-0.3, -0.25) is 0 Å². The Bertz CT molecular complexity index is 259. The molecule has 11 heavy (non-hydrogen) atoms. The fraction of sp³-hybridized carbons (Fsp3) is 0.333. The zero-order valence-corrected chi connectivity index (χ0v) is 7.67. The molecule has 0 aliphatic carbocycles. The minimum atomic E-state index is 0.393. The van der Waals surface area contributed by atoms with Gasteiger partial charge in [-0.05, 0) is 0 Å². The van der Waals surface area contributed by atoms with Gasteiger partial charge in [-0.2, -0.15) is 0 Å². The molecule has 0 unspecified atom stereocenters. The summed E-state index contributed by atoms with van der Waals surface area (Å²) in [6.45, 7) is 0.521. The second-order valence-corrected chi connectivity index (χ2v) is 3.47. The van der Waals surface area contributed by atoms with Crippen LogP contribution in [0.25, 0.3) is 0 Å². The van der Waals surface area contributed by atoms with E-state index in [1.165, 1.54) is 11.3 Å². The smallest absolute Gasteiger partial charge is 0.119 e. The van der Waals surface area contributed by atoms with Crippen LogP contribution in [-0.2, 0) is 11.3 Å². The molecule has 0 aliphatic heterocycles. The second-order valence-electron chi connectivity index (χ2n) is 1.92. The van der Waals surface area contributed by atoms with E-state index < -0.39 is 0 Å². The number of rotatable bonds is 3. The Balaban J connectivity index is 2.73. The van der Waals surface area contributed by atoms with Gasteiger partial charge in [0.25, 0.3) is 0 Å². The quantitative estimate of drug-likeness (QED) is 0.717. The van der Waals surface area contributed by atoms with Gasteiger partial charge >= 0.3 is 0 Å². The molecule has 1 aromatic rings. The first-order chi connectivity index (χ1) is 5.24. The molecule has 0 fully saturated rings. The standard InChI is InChI=1S/C6H8N2OS2/c1-9-3-5-8-2-4(11-5)6(7)10/h2H,3H2,1H3,(H2,7,10). The highest BCUT2D eigenvalue weighted by Crippen LogP contribution is 2.12. The van der Waals surface area contributed by atoms with Gasteiger partial charge in [0.2, 0.25) is 0 Å². The van der Waals surface area contributed by atoms with Crippen LogP contribution in [0, 0.1) is 0 Å². The van der Waals surface area contributed by atoms with E-state index in [1.807, 2.05) is 0 Å². The van der Waals surface area contributed by atoms with Crippen molar-refractivity contribution in [3.05, 3.63) is 16.1 Å². The Morgan fingerprint density at radius 1 is 1.91 bits per heavy atom. The predicted molar refractivity (Wildman–Crippen MR) is 48.7 cm³/mol. The van der Waals surface area contributed by atoms with Crippen LogP contribution in [0.2, 0.25) is 0 Å². The maximum Gasteiger partial charge on any atom is 0.119 e. The molecular weight excluding hydrogens is 180 g/mol. The van der Waals surface area contributed by atoms with Crippen molar-refractivity contribution in [2.24, 2.45) is 5.73 Å². The van der Waals surface area contributed by atoms with Crippen molar-refractivity contribution in [3.8, 4) is 0 Å². The number of thiazole rings is 1. The van der Waals surface area contributed by atoms with Crippen LogP contribution in [0.5, 0.6) is 0 Å². The third-order valence-electron chi connectivity index (χ3n) is 1.06. The van der Waals surface area contributed by atoms with Gasteiger partial charge in [0.15, 0.2) is 0 Å². The van der Waals surface area contributed by atoms with Gasteiger partial charge in [0, 0.05) is 13.3 Å². The zero-order valence-electron chi connectivity index (χ0n) is 6.03. The maximum absolute atomic E-state index is 5.38. The number of methoxy groups -OCH3 is 1. The van der Waals surface area contributed by atoms with Gasteiger partial charge < -0.3 is 10.5 Å². The van der Waals surface area contributed by atoms with Crippen molar-refractivity contribution in [1.29, 1.82) is 0 Å². The molecule has 0 bridgehead atoms. The molecule has 0 aliphatic rings. The largest absolute Gasteiger partial charge is 0.389 e. The summed E-state index contributed by atoms with van der Waals surface area (Å²) in [7, 11) is 1.63. The molecular formula is C6H8N2OS2. The zero-order chi connectivity index (χ0) is 8.27. The van der Waals surface area contributed by atoms with E-state index >= 15 is 0 Å². The van der Waals surface area contributed by atoms with Crippen LogP contribution in [-0.4, -0.2) is 17.1 Å². The molecule has 0 saturated carbocycles. The number of aromatic nitrogens is 1. The van der Waals surface area contributed by atoms with E-state index in [0.29, 0.717) is 11.6 Å². The van der Waals surface area contributed by atoms with Gasteiger partial charge in [0.05, 0.1) is 11.5 Å². The monoisotopic (exact) mass is 188 g/mol. The topological polar surface area (TPSA) is 48.1 Å². The van der Waals surface area contributed by atoms with E-state index in [4.69, 9.17) is 22.7 Å². The fourth-order valence-corrected chi connectivity index (χ4v) is 1.53. The predicted octanol–water partition coefficient (Wildman–Crippen LogP) is 0.924. The summed E-state index contributed by atoms with van der Waals surface area (Å²) in [5.74, 6) is 0. The average molecular weight is 188 g/mol. The lowest BCUT2D eigenvalue weighted by Gasteiger charge is -1.89. The summed E-state index contributed by atoms with van der Waals surface area (Å²) in [5.41, 5.74) is 5.38. The lowest BCUT2D eigenvalue weighted by Crippen LogP contribution is -2.06. The minimum Gasteiger partial charge on any atom is -0.389 e. The van der Waals surface area contributed by atoms with Crippen LogP contribution in [0.3, 0.4) is 0 Å². The minimum absolute atomic E-state index is 0.393. The number of nitrogens with two attached hydrogens (primary N) is 1. The van der Waals surface area contributed by atoms with Crippen LogP contribution < -0.4 is 5.73 Å². The van der Waals surface area contributed by atoms with Gasteiger partial charge in [-0.1, -0.05) is 12.2 Å². The summed E-state index contributed by atoms with van der Waals surface area (Å²) in [5, 5.41) is 0.898. The van der Waals surface area contributed by atoms with Gasteiger partial charge in [0.1, 0.15) is 10.00 Å². The average Bonchev–Trinajstić information content (AvgIpc) is 2.37. The van der Waals surface area contributed by atoms with Crippen molar-refractivity contribution < 1.29 is 4.74 Å². The molecule has 3 nitrogen and oxygen atoms in total. The second kappa shape index (κ2) is 3.75. The summed E-state index contributed by atoms with van der Waals surface area (Å²) >= 11 is 6.23. The number of ether oxygens (including phenoxy) is 1. The first-order valence-corrected chi connectivity index (χ1v) is 4.20. The van der Waals surface area contributed by atoms with Crippen molar-refractivity contribution >= 4 is 28.5 Å². The van der Waals surface area contributed by atoms with Gasteiger partial charge in [-0.25, -0.2) is 4.98 Å². The SMILES string of the molecule is COCc1ncc(C(N)=S)s1. The molecule has 0 spiro atoms. The molecule has 1 rings (SSSR count). The Kier molecular flexibility index (Phi) is 2.92. The molecule has 60 valence electrons. The third kappa shape index (κ3) is 2.21. The van der Waals surface area contributed by atoms with E-state index in [9.17, 15) is 0 Å². The molecule has 0 atom stereocenters. The molecule has 1 aromatic heterocycles. The molecule has 0 amide bonds. The Morgan fingerprint density at radius 2 is 2.64 bits per heavy atom. The number of hydrogen-bond acceptors (Lipinski definition) is 4. The van der Waals surface area contributed by atoms with Crippen molar-refractivity contribution in [2.75, 3.05) is 7.11 Å². The van der Waals surface area contributed by atoms with E-state index in [-0.39, 0.29) is 0 Å². The summed E-state index contributed by atoms with van der Waals surface area (Å²) in [6, 6.07) is 0.